The Hall–Kier alpha value is -1.81. The van der Waals surface area contributed by atoms with Crippen LogP contribution in [0.4, 0.5) is 10.7 Å². The molecule has 2 saturated heterocycles. The van der Waals surface area contributed by atoms with Crippen molar-refractivity contribution < 1.29 is 14.3 Å². The summed E-state index contributed by atoms with van der Waals surface area (Å²) in [4.78, 5) is 25.9. The third-order valence-electron chi connectivity index (χ3n) is 5.29. The molecule has 0 bridgehead atoms. The molecule has 9 nitrogen and oxygen atoms in total. The summed E-state index contributed by atoms with van der Waals surface area (Å²) >= 11 is 1.31. The van der Waals surface area contributed by atoms with Gasteiger partial charge < -0.3 is 15.0 Å². The van der Waals surface area contributed by atoms with Crippen LogP contribution in [0.15, 0.2) is 5.16 Å². The Morgan fingerprint density at radius 2 is 2.04 bits per heavy atom. The maximum absolute atomic E-state index is 12.2. The summed E-state index contributed by atoms with van der Waals surface area (Å²) in [6.45, 7) is 7.43. The van der Waals surface area contributed by atoms with E-state index in [1.807, 2.05) is 0 Å². The molecule has 2 N–H and O–H groups in total. The van der Waals surface area contributed by atoms with Crippen LogP contribution in [-0.4, -0.2) is 64.8 Å². The van der Waals surface area contributed by atoms with Crippen molar-refractivity contribution in [2.24, 2.45) is 5.92 Å². The fourth-order valence-electron chi connectivity index (χ4n) is 3.45. The van der Waals surface area contributed by atoms with Crippen molar-refractivity contribution in [3.8, 4) is 0 Å². The second kappa shape index (κ2) is 9.60. The first-order chi connectivity index (χ1) is 13.5. The minimum atomic E-state index is -0.513. The van der Waals surface area contributed by atoms with Gasteiger partial charge in [0, 0.05) is 26.7 Å². The Morgan fingerprint density at radius 3 is 2.68 bits per heavy atom. The molecule has 10 heteroatoms. The zero-order valence-corrected chi connectivity index (χ0v) is 17.6. The number of piperidine rings is 1. The Morgan fingerprint density at radius 1 is 1.29 bits per heavy atom. The molecule has 28 heavy (non-hydrogen) atoms. The first-order valence-electron chi connectivity index (χ1n) is 9.97. The van der Waals surface area contributed by atoms with Gasteiger partial charge in [0.25, 0.3) is 0 Å². The monoisotopic (exact) mass is 410 g/mol. The van der Waals surface area contributed by atoms with E-state index in [0.717, 1.165) is 57.2 Å². The molecule has 2 aliphatic rings. The Bertz CT molecular complexity index is 683. The number of thioether (sulfide) groups is 1. The number of hydrogen-bond acceptors (Lipinski definition) is 7. The standard InChI is InChI=1S/C18H30N6O3S/c1-12-6-8-23(9-7-12)17-21-22-18(24(17)11-14-5-4-10-27-14)28-13(2)15(25)20-16(26)19-3/h12-14H,4-11H2,1-3H3,(H2,19,20,25,26)/t13-,14+/m0/s1. The number of nitrogens with one attached hydrogen (secondary N) is 2. The molecule has 3 rings (SSSR count). The predicted octanol–water partition coefficient (Wildman–Crippen LogP) is 1.63. The number of hydrogen-bond donors (Lipinski definition) is 2. The SMILES string of the molecule is CNC(=O)NC(=O)[C@H](C)Sc1nnc(N2CCC(C)CC2)n1C[C@H]1CCCO1. The summed E-state index contributed by atoms with van der Waals surface area (Å²) < 4.78 is 7.91. The van der Waals surface area contributed by atoms with E-state index in [-0.39, 0.29) is 12.0 Å². The molecule has 0 aliphatic carbocycles. The topological polar surface area (TPSA) is 101 Å². The average molecular weight is 411 g/mol. The lowest BCUT2D eigenvalue weighted by Crippen LogP contribution is -2.41. The summed E-state index contributed by atoms with van der Waals surface area (Å²) in [6, 6.07) is -0.513. The van der Waals surface area contributed by atoms with E-state index in [1.165, 1.54) is 18.8 Å². The lowest BCUT2D eigenvalue weighted by Gasteiger charge is -2.31. The van der Waals surface area contributed by atoms with Crippen molar-refractivity contribution >= 4 is 29.6 Å². The van der Waals surface area contributed by atoms with Crippen LogP contribution >= 0.6 is 11.8 Å². The van der Waals surface area contributed by atoms with Gasteiger partial charge in [-0.05, 0) is 38.5 Å². The van der Waals surface area contributed by atoms with Gasteiger partial charge >= 0.3 is 6.03 Å². The number of nitrogens with zero attached hydrogens (tertiary/aromatic N) is 4. The number of aromatic nitrogens is 3. The number of anilines is 1. The molecule has 1 aromatic rings. The van der Waals surface area contributed by atoms with Crippen molar-refractivity contribution in [2.45, 2.75) is 62.6 Å². The van der Waals surface area contributed by atoms with Gasteiger partial charge in [0.15, 0.2) is 5.16 Å². The quantitative estimate of drug-likeness (QED) is 0.687. The van der Waals surface area contributed by atoms with Crippen molar-refractivity contribution in [1.82, 2.24) is 25.4 Å². The molecule has 3 heterocycles. The molecule has 2 aliphatic heterocycles. The summed E-state index contributed by atoms with van der Waals surface area (Å²) in [5, 5.41) is 13.7. The van der Waals surface area contributed by atoms with Crippen LogP contribution in [0.1, 0.15) is 39.5 Å². The van der Waals surface area contributed by atoms with Crippen molar-refractivity contribution in [2.75, 3.05) is 31.6 Å². The van der Waals surface area contributed by atoms with Gasteiger partial charge in [-0.1, -0.05) is 18.7 Å². The van der Waals surface area contributed by atoms with E-state index in [9.17, 15) is 9.59 Å². The number of imide groups is 1. The lowest BCUT2D eigenvalue weighted by atomic mass is 10.00. The van der Waals surface area contributed by atoms with E-state index >= 15 is 0 Å². The highest BCUT2D eigenvalue weighted by Gasteiger charge is 2.28. The van der Waals surface area contributed by atoms with Crippen LogP contribution in [0, 0.1) is 5.92 Å². The maximum atomic E-state index is 12.2. The minimum absolute atomic E-state index is 0.146. The smallest absolute Gasteiger partial charge is 0.321 e. The molecule has 156 valence electrons. The predicted molar refractivity (Wildman–Crippen MR) is 108 cm³/mol. The van der Waals surface area contributed by atoms with Gasteiger partial charge in [-0.2, -0.15) is 0 Å². The molecule has 2 fully saturated rings. The van der Waals surface area contributed by atoms with Crippen LogP contribution in [-0.2, 0) is 16.1 Å². The second-order valence-corrected chi connectivity index (χ2v) is 8.83. The summed E-state index contributed by atoms with van der Waals surface area (Å²) in [5.74, 6) is 1.22. The Labute approximate surface area is 170 Å². The van der Waals surface area contributed by atoms with Gasteiger partial charge in [-0.15, -0.1) is 10.2 Å². The van der Waals surface area contributed by atoms with Crippen LogP contribution in [0.2, 0.25) is 0 Å². The van der Waals surface area contributed by atoms with Crippen molar-refractivity contribution in [3.63, 3.8) is 0 Å². The number of amides is 3. The van der Waals surface area contributed by atoms with E-state index in [2.05, 4.69) is 37.2 Å². The molecule has 0 unspecified atom stereocenters. The molecule has 0 spiro atoms. The summed E-state index contributed by atoms with van der Waals surface area (Å²) in [6.07, 6.45) is 4.51. The number of carbonyl (C=O) groups is 2. The van der Waals surface area contributed by atoms with Crippen molar-refractivity contribution in [1.29, 1.82) is 0 Å². The minimum Gasteiger partial charge on any atom is -0.376 e. The molecule has 2 atom stereocenters. The fourth-order valence-corrected chi connectivity index (χ4v) is 4.30. The normalized spacial score (nSPS) is 21.5. The van der Waals surface area contributed by atoms with Gasteiger partial charge in [0.2, 0.25) is 11.9 Å². The van der Waals surface area contributed by atoms with Crippen LogP contribution in [0.3, 0.4) is 0 Å². The molecule has 3 amide bonds. The zero-order chi connectivity index (χ0) is 20.1. The van der Waals surface area contributed by atoms with E-state index in [4.69, 9.17) is 4.74 Å². The molecule has 0 radical (unpaired) electrons. The average Bonchev–Trinajstić information content (AvgIpc) is 3.33. The maximum Gasteiger partial charge on any atom is 0.321 e. The van der Waals surface area contributed by atoms with Crippen LogP contribution in [0.5, 0.6) is 0 Å². The van der Waals surface area contributed by atoms with Gasteiger partial charge in [-0.25, -0.2) is 4.79 Å². The zero-order valence-electron chi connectivity index (χ0n) is 16.8. The largest absolute Gasteiger partial charge is 0.376 e. The highest BCUT2D eigenvalue weighted by Crippen LogP contribution is 2.29. The van der Waals surface area contributed by atoms with E-state index in [0.29, 0.717) is 11.7 Å². The van der Waals surface area contributed by atoms with Gasteiger partial charge in [-0.3, -0.25) is 14.7 Å². The number of ether oxygens (including phenoxy) is 1. The molecule has 0 saturated carbocycles. The highest BCUT2D eigenvalue weighted by atomic mass is 32.2. The van der Waals surface area contributed by atoms with Crippen LogP contribution < -0.4 is 15.5 Å². The first-order valence-corrected chi connectivity index (χ1v) is 10.8. The number of carbonyl (C=O) groups excluding carboxylic acids is 2. The Balaban J connectivity index is 1.75. The highest BCUT2D eigenvalue weighted by molar-refractivity contribution is 8.00. The molecular formula is C18H30N6O3S. The molecule has 1 aromatic heterocycles. The molecule has 0 aromatic carbocycles. The van der Waals surface area contributed by atoms with Crippen LogP contribution in [0.25, 0.3) is 0 Å². The summed E-state index contributed by atoms with van der Waals surface area (Å²) in [7, 11) is 1.48. The van der Waals surface area contributed by atoms with Gasteiger partial charge in [0.05, 0.1) is 17.9 Å². The number of rotatable bonds is 6. The van der Waals surface area contributed by atoms with Gasteiger partial charge in [0.1, 0.15) is 0 Å². The fraction of sp³-hybridized carbons (Fsp3) is 0.778. The Kier molecular flexibility index (Phi) is 7.17. The number of urea groups is 1. The third kappa shape index (κ3) is 5.16. The molecular weight excluding hydrogens is 380 g/mol. The second-order valence-electron chi connectivity index (χ2n) is 7.53. The van der Waals surface area contributed by atoms with E-state index in [1.54, 1.807) is 6.92 Å². The first kappa shape index (κ1) is 20.9. The third-order valence-corrected chi connectivity index (χ3v) is 6.37. The lowest BCUT2D eigenvalue weighted by molar-refractivity contribution is -0.119. The summed E-state index contributed by atoms with van der Waals surface area (Å²) in [5.41, 5.74) is 0. The van der Waals surface area contributed by atoms with Crippen molar-refractivity contribution in [3.05, 3.63) is 0 Å². The van der Waals surface area contributed by atoms with E-state index < -0.39 is 11.3 Å².